The molecule has 1 aliphatic rings. The fraction of sp³-hybridized carbons (Fsp3) is 0.364. The molecular weight excluding hydrogens is 426 g/mol. The largest absolute Gasteiger partial charge is 0.455 e. The normalized spacial score (nSPS) is 15.2. The van der Waals surface area contributed by atoms with Crippen molar-refractivity contribution in [3.63, 3.8) is 0 Å². The van der Waals surface area contributed by atoms with Crippen LogP contribution in [-0.2, 0) is 16.2 Å². The Morgan fingerprint density at radius 3 is 2.06 bits per heavy atom. The molecule has 0 saturated heterocycles. The molecule has 5 aromatic rings. The number of benzene rings is 3. The van der Waals surface area contributed by atoms with E-state index >= 15 is 0 Å². The summed E-state index contributed by atoms with van der Waals surface area (Å²) >= 11 is 0. The number of aryl methyl sites for hydroxylation is 1. The van der Waals surface area contributed by atoms with Crippen LogP contribution in [0.1, 0.15) is 83.2 Å². The number of hydrogen-bond donors (Lipinski definition) is 0. The Kier molecular flexibility index (Phi) is 4.31. The fourth-order valence-corrected chi connectivity index (χ4v) is 6.17. The Morgan fingerprint density at radius 2 is 1.40 bits per heavy atom. The zero-order valence-corrected chi connectivity index (χ0v) is 22.5. The first-order chi connectivity index (χ1) is 16.3. The highest BCUT2D eigenvalue weighted by molar-refractivity contribution is 6.18. The van der Waals surface area contributed by atoms with Gasteiger partial charge in [0.25, 0.3) is 0 Å². The molecule has 0 unspecified atom stereocenters. The van der Waals surface area contributed by atoms with Gasteiger partial charge in [-0.2, -0.15) is 0 Å². The van der Waals surface area contributed by atoms with Gasteiger partial charge in [0.05, 0.1) is 5.69 Å². The number of fused-ring (bicyclic) bond motifs is 4. The van der Waals surface area contributed by atoms with Gasteiger partial charge in [0.15, 0.2) is 0 Å². The first kappa shape index (κ1) is 22.3. The molecule has 3 aromatic carbocycles. The number of hydrogen-bond acceptors (Lipinski definition) is 2. The third kappa shape index (κ3) is 2.98. The molecule has 1 aliphatic carbocycles. The predicted octanol–water partition coefficient (Wildman–Crippen LogP) is 9.34. The minimum absolute atomic E-state index is 0.0280. The molecule has 0 fully saturated rings. The number of pyridine rings is 1. The Bertz CT molecular complexity index is 1680. The van der Waals surface area contributed by atoms with Gasteiger partial charge in [-0.05, 0) is 34.3 Å². The molecule has 0 saturated carbocycles. The van der Waals surface area contributed by atoms with Gasteiger partial charge in [-0.25, -0.2) is 0 Å². The second-order valence-electron chi connectivity index (χ2n) is 13.0. The van der Waals surface area contributed by atoms with E-state index in [9.17, 15) is 0 Å². The maximum Gasteiger partial charge on any atom is 0.139 e. The van der Waals surface area contributed by atoms with Gasteiger partial charge in [0.2, 0.25) is 0 Å². The van der Waals surface area contributed by atoms with Crippen molar-refractivity contribution in [2.45, 2.75) is 78.6 Å². The predicted molar refractivity (Wildman–Crippen MR) is 149 cm³/mol. The van der Waals surface area contributed by atoms with Crippen molar-refractivity contribution in [3.05, 3.63) is 76.5 Å². The van der Waals surface area contributed by atoms with Crippen molar-refractivity contribution in [2.75, 3.05) is 0 Å². The molecule has 0 spiro atoms. The summed E-state index contributed by atoms with van der Waals surface area (Å²) in [5, 5.41) is 4.97. The average Bonchev–Trinajstić information content (AvgIpc) is 3.11. The standard InChI is InChI=1S/C33H35NO/c1-18-10-11-19-17-34-28-20-12-13-23(31(2,3)4)29-25(20)26-22(33(8,9)27(28)21(19)16-18)14-15-24(30(26)35-29)32(5,6)7/h10-17H,1-9H3. The highest BCUT2D eigenvalue weighted by Gasteiger charge is 2.38. The van der Waals surface area contributed by atoms with Crippen LogP contribution in [0.2, 0.25) is 0 Å². The van der Waals surface area contributed by atoms with Gasteiger partial charge >= 0.3 is 0 Å². The van der Waals surface area contributed by atoms with Crippen molar-refractivity contribution in [2.24, 2.45) is 0 Å². The molecule has 178 valence electrons. The van der Waals surface area contributed by atoms with Crippen molar-refractivity contribution in [1.82, 2.24) is 4.98 Å². The summed E-state index contributed by atoms with van der Waals surface area (Å²) in [7, 11) is 0. The summed E-state index contributed by atoms with van der Waals surface area (Å²) < 4.78 is 6.91. The lowest BCUT2D eigenvalue weighted by molar-refractivity contribution is 0.555. The van der Waals surface area contributed by atoms with E-state index in [1.54, 1.807) is 0 Å². The molecule has 0 N–H and O–H groups in total. The third-order valence-corrected chi connectivity index (χ3v) is 7.99. The average molecular weight is 462 g/mol. The van der Waals surface area contributed by atoms with Gasteiger partial charge in [0.1, 0.15) is 11.2 Å². The SMILES string of the molecule is Cc1ccc2cnc3c(c2c1)C(C)(C)c1ccc(C(C)(C)C)c2oc4c(C(C)(C)C)ccc-3c4c12. The maximum atomic E-state index is 6.91. The van der Waals surface area contributed by atoms with Crippen LogP contribution < -0.4 is 0 Å². The Labute approximate surface area is 208 Å². The van der Waals surface area contributed by atoms with Gasteiger partial charge in [-0.1, -0.05) is 103 Å². The highest BCUT2D eigenvalue weighted by Crippen LogP contribution is 2.53. The summed E-state index contributed by atoms with van der Waals surface area (Å²) in [6, 6.07) is 15.9. The van der Waals surface area contributed by atoms with Gasteiger partial charge in [-0.15, -0.1) is 0 Å². The van der Waals surface area contributed by atoms with Crippen LogP contribution in [0.4, 0.5) is 0 Å². The van der Waals surface area contributed by atoms with Crippen molar-refractivity contribution >= 4 is 32.7 Å². The molecule has 2 aromatic heterocycles. The molecule has 0 bridgehead atoms. The lowest BCUT2D eigenvalue weighted by Crippen LogP contribution is -2.21. The summed E-state index contributed by atoms with van der Waals surface area (Å²) in [5.74, 6) is 0. The van der Waals surface area contributed by atoms with E-state index in [-0.39, 0.29) is 16.2 Å². The maximum absolute atomic E-state index is 6.91. The zero-order chi connectivity index (χ0) is 25.1. The second-order valence-corrected chi connectivity index (χ2v) is 13.0. The molecular formula is C33H35NO. The molecule has 0 amide bonds. The van der Waals surface area contributed by atoms with Crippen LogP contribution in [0.3, 0.4) is 0 Å². The van der Waals surface area contributed by atoms with Gasteiger partial charge in [-0.3, -0.25) is 4.98 Å². The van der Waals surface area contributed by atoms with E-state index in [1.165, 1.54) is 54.9 Å². The van der Waals surface area contributed by atoms with E-state index in [1.807, 2.05) is 6.20 Å². The molecule has 2 nitrogen and oxygen atoms in total. The van der Waals surface area contributed by atoms with E-state index < -0.39 is 0 Å². The highest BCUT2D eigenvalue weighted by atomic mass is 16.3. The summed E-state index contributed by atoms with van der Waals surface area (Å²) in [6.07, 6.45) is 2.04. The molecule has 0 radical (unpaired) electrons. The Morgan fingerprint density at radius 1 is 0.771 bits per heavy atom. The second kappa shape index (κ2) is 6.75. The first-order valence-corrected chi connectivity index (χ1v) is 12.7. The van der Waals surface area contributed by atoms with Crippen LogP contribution in [0.5, 0.6) is 0 Å². The van der Waals surface area contributed by atoms with Gasteiger partial charge in [0, 0.05) is 44.5 Å². The molecule has 0 atom stereocenters. The minimum Gasteiger partial charge on any atom is -0.455 e. The van der Waals surface area contributed by atoms with Crippen molar-refractivity contribution < 1.29 is 4.42 Å². The summed E-state index contributed by atoms with van der Waals surface area (Å²) in [6.45, 7) is 20.5. The Hall–Kier alpha value is -3.13. The number of aromatic nitrogens is 1. The van der Waals surface area contributed by atoms with Crippen LogP contribution in [0.25, 0.3) is 44.0 Å². The van der Waals surface area contributed by atoms with E-state index in [2.05, 4.69) is 105 Å². The van der Waals surface area contributed by atoms with Gasteiger partial charge < -0.3 is 4.42 Å². The lowest BCUT2D eigenvalue weighted by Gasteiger charge is -2.30. The summed E-state index contributed by atoms with van der Waals surface area (Å²) in [5.41, 5.74) is 10.4. The molecule has 35 heavy (non-hydrogen) atoms. The first-order valence-electron chi connectivity index (χ1n) is 12.7. The summed E-state index contributed by atoms with van der Waals surface area (Å²) in [4.78, 5) is 5.13. The minimum atomic E-state index is -0.248. The monoisotopic (exact) mass is 461 g/mol. The fourth-order valence-electron chi connectivity index (χ4n) is 6.17. The number of furan rings is 1. The molecule has 2 heteroatoms. The van der Waals surface area contributed by atoms with Crippen LogP contribution in [0.15, 0.2) is 53.1 Å². The quantitative estimate of drug-likeness (QED) is 0.229. The third-order valence-electron chi connectivity index (χ3n) is 7.99. The number of rotatable bonds is 0. The van der Waals surface area contributed by atoms with E-state index in [0.717, 1.165) is 16.9 Å². The molecule has 6 rings (SSSR count). The van der Waals surface area contributed by atoms with E-state index in [0.29, 0.717) is 0 Å². The smallest absolute Gasteiger partial charge is 0.139 e. The van der Waals surface area contributed by atoms with Crippen molar-refractivity contribution in [1.29, 1.82) is 0 Å². The van der Waals surface area contributed by atoms with Crippen LogP contribution in [0, 0.1) is 6.92 Å². The van der Waals surface area contributed by atoms with Crippen LogP contribution in [-0.4, -0.2) is 4.98 Å². The topological polar surface area (TPSA) is 26.0 Å². The van der Waals surface area contributed by atoms with Crippen molar-refractivity contribution in [3.8, 4) is 11.3 Å². The van der Waals surface area contributed by atoms with Crippen LogP contribution >= 0.6 is 0 Å². The molecule has 2 heterocycles. The Balaban J connectivity index is 1.91. The zero-order valence-electron chi connectivity index (χ0n) is 22.5. The number of nitrogens with zero attached hydrogens (tertiary/aromatic N) is 1. The lowest BCUT2D eigenvalue weighted by atomic mass is 9.73. The molecule has 0 aliphatic heterocycles. The van der Waals surface area contributed by atoms with E-state index in [4.69, 9.17) is 9.40 Å².